The van der Waals surface area contributed by atoms with E-state index < -0.39 is 0 Å². The molecule has 1 atom stereocenters. The number of nitrogens with zero attached hydrogens (tertiary/aromatic N) is 4. The molecule has 124 valence electrons. The first-order valence-electron chi connectivity index (χ1n) is 8.26. The van der Waals surface area contributed by atoms with Crippen molar-refractivity contribution >= 4 is 0 Å². The van der Waals surface area contributed by atoms with Gasteiger partial charge >= 0.3 is 0 Å². The standard InChI is InChI=1S/C16H28N4O2/c1-13-15(16(21-3)18(2)17-13)11-20-7-5-19(6-8-20)10-14-4-9-22-12-14/h14H,4-12H2,1-3H3/t14-/m1/s1. The average molecular weight is 308 g/mol. The molecule has 0 spiro atoms. The molecule has 0 N–H and O–H groups in total. The van der Waals surface area contributed by atoms with Crippen LogP contribution in [0, 0.1) is 12.8 Å². The fourth-order valence-electron chi connectivity index (χ4n) is 3.56. The highest BCUT2D eigenvalue weighted by atomic mass is 16.5. The molecule has 22 heavy (non-hydrogen) atoms. The van der Waals surface area contributed by atoms with Crippen LogP contribution in [0.3, 0.4) is 0 Å². The topological polar surface area (TPSA) is 42.8 Å². The van der Waals surface area contributed by atoms with Crippen LogP contribution in [0.1, 0.15) is 17.7 Å². The number of rotatable bonds is 5. The van der Waals surface area contributed by atoms with E-state index in [-0.39, 0.29) is 0 Å². The summed E-state index contributed by atoms with van der Waals surface area (Å²) in [5.74, 6) is 1.63. The van der Waals surface area contributed by atoms with E-state index in [0.29, 0.717) is 0 Å². The molecule has 0 amide bonds. The normalized spacial score (nSPS) is 24.0. The van der Waals surface area contributed by atoms with Crippen LogP contribution in [0.2, 0.25) is 0 Å². The minimum atomic E-state index is 0.743. The average Bonchev–Trinajstić information content (AvgIpc) is 3.10. The summed E-state index contributed by atoms with van der Waals surface area (Å²) in [5, 5.41) is 4.47. The van der Waals surface area contributed by atoms with Crippen molar-refractivity contribution in [2.75, 3.05) is 53.0 Å². The number of piperazine rings is 1. The number of aromatic nitrogens is 2. The van der Waals surface area contributed by atoms with Gasteiger partial charge in [-0.25, -0.2) is 4.68 Å². The molecule has 3 heterocycles. The summed E-state index contributed by atoms with van der Waals surface area (Å²) in [4.78, 5) is 5.09. The molecule has 3 rings (SSSR count). The maximum atomic E-state index is 5.50. The van der Waals surface area contributed by atoms with Crippen LogP contribution in [-0.2, 0) is 18.3 Å². The second kappa shape index (κ2) is 6.98. The second-order valence-corrected chi connectivity index (χ2v) is 6.50. The third-order valence-electron chi connectivity index (χ3n) is 4.87. The van der Waals surface area contributed by atoms with Crippen LogP contribution in [0.5, 0.6) is 5.88 Å². The van der Waals surface area contributed by atoms with Gasteiger partial charge in [-0.1, -0.05) is 0 Å². The first kappa shape index (κ1) is 15.8. The van der Waals surface area contributed by atoms with E-state index in [2.05, 4.69) is 21.8 Å². The summed E-state index contributed by atoms with van der Waals surface area (Å²) in [6.45, 7) is 10.6. The lowest BCUT2D eigenvalue weighted by atomic mass is 10.1. The molecule has 0 aromatic carbocycles. The van der Waals surface area contributed by atoms with Crippen molar-refractivity contribution in [3.8, 4) is 5.88 Å². The summed E-state index contributed by atoms with van der Waals surface area (Å²) in [6.07, 6.45) is 1.23. The minimum Gasteiger partial charge on any atom is -0.481 e. The molecule has 2 aliphatic rings. The first-order valence-corrected chi connectivity index (χ1v) is 8.26. The van der Waals surface area contributed by atoms with Gasteiger partial charge in [0.05, 0.1) is 25.0 Å². The monoisotopic (exact) mass is 308 g/mol. The van der Waals surface area contributed by atoms with E-state index in [0.717, 1.165) is 63.4 Å². The molecule has 2 saturated heterocycles. The molecule has 0 bridgehead atoms. The number of hydrogen-bond donors (Lipinski definition) is 0. The quantitative estimate of drug-likeness (QED) is 0.808. The van der Waals surface area contributed by atoms with E-state index in [1.54, 1.807) is 7.11 Å². The lowest BCUT2D eigenvalue weighted by Crippen LogP contribution is -2.47. The summed E-state index contributed by atoms with van der Waals surface area (Å²) in [7, 11) is 3.67. The van der Waals surface area contributed by atoms with Crippen LogP contribution in [0.4, 0.5) is 0 Å². The maximum Gasteiger partial charge on any atom is 0.216 e. The third-order valence-corrected chi connectivity index (χ3v) is 4.87. The number of hydrogen-bond acceptors (Lipinski definition) is 5. The van der Waals surface area contributed by atoms with Crippen LogP contribution in [0.25, 0.3) is 0 Å². The van der Waals surface area contributed by atoms with Crippen LogP contribution < -0.4 is 4.74 Å². The highest BCUT2D eigenvalue weighted by Crippen LogP contribution is 2.23. The predicted octanol–water partition coefficient (Wildman–Crippen LogP) is 0.891. The van der Waals surface area contributed by atoms with Gasteiger partial charge in [0.15, 0.2) is 0 Å². The Balaban J connectivity index is 1.51. The second-order valence-electron chi connectivity index (χ2n) is 6.50. The highest BCUT2D eigenvalue weighted by Gasteiger charge is 2.24. The number of ether oxygens (including phenoxy) is 2. The largest absolute Gasteiger partial charge is 0.481 e. The molecule has 1 aromatic rings. The molecule has 2 fully saturated rings. The van der Waals surface area contributed by atoms with Crippen molar-refractivity contribution in [3.63, 3.8) is 0 Å². The lowest BCUT2D eigenvalue weighted by molar-refractivity contribution is 0.106. The Kier molecular flexibility index (Phi) is 5.00. The van der Waals surface area contributed by atoms with Crippen molar-refractivity contribution in [2.24, 2.45) is 13.0 Å². The molecule has 0 aliphatic carbocycles. The molecular weight excluding hydrogens is 280 g/mol. The maximum absolute atomic E-state index is 5.50. The predicted molar refractivity (Wildman–Crippen MR) is 85.1 cm³/mol. The van der Waals surface area contributed by atoms with E-state index >= 15 is 0 Å². The summed E-state index contributed by atoms with van der Waals surface area (Å²) < 4.78 is 12.8. The van der Waals surface area contributed by atoms with Crippen molar-refractivity contribution in [1.29, 1.82) is 0 Å². The van der Waals surface area contributed by atoms with Gasteiger partial charge in [0.2, 0.25) is 5.88 Å². The Hall–Kier alpha value is -1.11. The van der Waals surface area contributed by atoms with Gasteiger partial charge in [0.1, 0.15) is 0 Å². The Morgan fingerprint density at radius 2 is 1.95 bits per heavy atom. The van der Waals surface area contributed by atoms with Crippen molar-refractivity contribution < 1.29 is 9.47 Å². The zero-order valence-corrected chi connectivity index (χ0v) is 14.0. The van der Waals surface area contributed by atoms with Crippen LogP contribution in [0.15, 0.2) is 0 Å². The van der Waals surface area contributed by atoms with Crippen molar-refractivity contribution in [1.82, 2.24) is 19.6 Å². The molecular formula is C16H28N4O2. The Labute approximate surface area is 133 Å². The van der Waals surface area contributed by atoms with Gasteiger partial charge in [0, 0.05) is 52.9 Å². The Bertz CT molecular complexity index is 489. The third kappa shape index (κ3) is 3.45. The van der Waals surface area contributed by atoms with E-state index in [1.807, 2.05) is 11.7 Å². The molecule has 6 nitrogen and oxygen atoms in total. The van der Waals surface area contributed by atoms with Gasteiger partial charge < -0.3 is 14.4 Å². The number of methoxy groups -OCH3 is 1. The van der Waals surface area contributed by atoms with Crippen molar-refractivity contribution in [3.05, 3.63) is 11.3 Å². The van der Waals surface area contributed by atoms with E-state index in [1.165, 1.54) is 18.5 Å². The highest BCUT2D eigenvalue weighted by molar-refractivity contribution is 5.30. The fourth-order valence-corrected chi connectivity index (χ4v) is 3.56. The molecule has 6 heteroatoms. The fraction of sp³-hybridized carbons (Fsp3) is 0.812. The molecule has 0 unspecified atom stereocenters. The molecule has 1 aromatic heterocycles. The summed E-state index contributed by atoms with van der Waals surface area (Å²) >= 11 is 0. The molecule has 2 aliphatic heterocycles. The van der Waals surface area contributed by atoms with Gasteiger partial charge in [-0.15, -0.1) is 0 Å². The smallest absolute Gasteiger partial charge is 0.216 e. The van der Waals surface area contributed by atoms with Gasteiger partial charge in [-0.05, 0) is 19.3 Å². The molecule has 0 radical (unpaired) electrons. The zero-order valence-electron chi connectivity index (χ0n) is 14.0. The first-order chi connectivity index (χ1) is 10.7. The Morgan fingerprint density at radius 1 is 1.23 bits per heavy atom. The molecule has 0 saturated carbocycles. The minimum absolute atomic E-state index is 0.743. The van der Waals surface area contributed by atoms with E-state index in [9.17, 15) is 0 Å². The SMILES string of the molecule is COc1c(CN2CCN(C[C@H]3CCOC3)CC2)c(C)nn1C. The van der Waals surface area contributed by atoms with Gasteiger partial charge in [-0.3, -0.25) is 4.90 Å². The zero-order chi connectivity index (χ0) is 15.5. The van der Waals surface area contributed by atoms with Crippen LogP contribution in [-0.4, -0.2) is 72.6 Å². The summed E-state index contributed by atoms with van der Waals surface area (Å²) in [6, 6.07) is 0. The lowest BCUT2D eigenvalue weighted by Gasteiger charge is -2.35. The van der Waals surface area contributed by atoms with Crippen LogP contribution >= 0.6 is 0 Å². The Morgan fingerprint density at radius 3 is 2.59 bits per heavy atom. The van der Waals surface area contributed by atoms with Gasteiger partial charge in [0.25, 0.3) is 0 Å². The van der Waals surface area contributed by atoms with Gasteiger partial charge in [-0.2, -0.15) is 5.10 Å². The van der Waals surface area contributed by atoms with Crippen molar-refractivity contribution in [2.45, 2.75) is 19.9 Å². The summed E-state index contributed by atoms with van der Waals surface area (Å²) in [5.41, 5.74) is 2.30. The number of aryl methyl sites for hydroxylation is 2. The van der Waals surface area contributed by atoms with E-state index in [4.69, 9.17) is 9.47 Å².